The molecule has 0 radical (unpaired) electrons. The lowest BCUT2D eigenvalue weighted by Crippen LogP contribution is -2.22. The molecule has 1 amide bonds. The zero-order valence-electron chi connectivity index (χ0n) is 15.2. The van der Waals surface area contributed by atoms with Gasteiger partial charge in [-0.2, -0.15) is 13.2 Å². The number of hydrogen-bond acceptors (Lipinski definition) is 3. The average molecular weight is 485 g/mol. The Morgan fingerprint density at radius 1 is 1.13 bits per heavy atom. The monoisotopic (exact) mass is 484 g/mol. The van der Waals surface area contributed by atoms with Crippen LogP contribution in [0.3, 0.4) is 0 Å². The highest BCUT2D eigenvalue weighted by atomic mass is 35.5. The summed E-state index contributed by atoms with van der Waals surface area (Å²) >= 11 is 11.8. The van der Waals surface area contributed by atoms with Crippen LogP contribution in [0.5, 0.6) is 0 Å². The highest BCUT2D eigenvalue weighted by Crippen LogP contribution is 2.37. The number of nitrogens with one attached hydrogen (secondary N) is 2. The van der Waals surface area contributed by atoms with Crippen molar-refractivity contribution in [1.82, 2.24) is 0 Å². The summed E-state index contributed by atoms with van der Waals surface area (Å²) < 4.78 is 79.2. The SMILES string of the molecule is Cc1cc(Cl)cc(C(=O)Nc2cc(F)c(C(F)(F)F)cc2Cl)c1NS(=O)(=O)C1CC1. The Bertz CT molecular complexity index is 1130. The van der Waals surface area contributed by atoms with Crippen molar-refractivity contribution in [2.24, 2.45) is 0 Å². The molecule has 1 aliphatic carbocycles. The van der Waals surface area contributed by atoms with Gasteiger partial charge in [0.05, 0.1) is 32.8 Å². The smallest absolute Gasteiger partial charge is 0.320 e. The molecule has 2 aromatic carbocycles. The van der Waals surface area contributed by atoms with Crippen molar-refractivity contribution >= 4 is 50.5 Å². The fourth-order valence-electron chi connectivity index (χ4n) is 2.71. The van der Waals surface area contributed by atoms with E-state index in [1.54, 1.807) is 0 Å². The lowest BCUT2D eigenvalue weighted by atomic mass is 10.1. The van der Waals surface area contributed by atoms with Crippen LogP contribution >= 0.6 is 23.2 Å². The number of rotatable bonds is 5. The van der Waals surface area contributed by atoms with Crippen LogP contribution in [0.4, 0.5) is 28.9 Å². The number of alkyl halides is 3. The molecule has 0 spiro atoms. The van der Waals surface area contributed by atoms with Crippen molar-refractivity contribution in [1.29, 1.82) is 0 Å². The molecule has 30 heavy (non-hydrogen) atoms. The van der Waals surface area contributed by atoms with Crippen LogP contribution in [0, 0.1) is 12.7 Å². The third-order valence-electron chi connectivity index (χ3n) is 4.36. The summed E-state index contributed by atoms with van der Waals surface area (Å²) in [5, 5.41) is 1.21. The number of sulfonamides is 1. The van der Waals surface area contributed by atoms with E-state index in [1.807, 2.05) is 0 Å². The average Bonchev–Trinajstić information content (AvgIpc) is 3.44. The standard InChI is InChI=1S/C18H14Cl2F4N2O3S/c1-8-4-9(19)5-11(16(8)26-30(28,29)10-2-3-10)17(27)25-15-7-14(21)12(6-13(15)20)18(22,23)24/h4-7,10,26H,2-3H2,1H3,(H,25,27). The van der Waals surface area contributed by atoms with E-state index in [1.165, 1.54) is 19.1 Å². The summed E-state index contributed by atoms with van der Waals surface area (Å²) in [4.78, 5) is 12.7. The van der Waals surface area contributed by atoms with Crippen LogP contribution in [0.25, 0.3) is 0 Å². The quantitative estimate of drug-likeness (QED) is 0.541. The molecule has 1 fully saturated rings. The highest BCUT2D eigenvalue weighted by Gasteiger charge is 2.37. The van der Waals surface area contributed by atoms with E-state index in [9.17, 15) is 30.8 Å². The van der Waals surface area contributed by atoms with Gasteiger partial charge in [-0.3, -0.25) is 9.52 Å². The van der Waals surface area contributed by atoms with Gasteiger partial charge < -0.3 is 5.32 Å². The summed E-state index contributed by atoms with van der Waals surface area (Å²) in [6.07, 6.45) is -3.98. The van der Waals surface area contributed by atoms with Crippen molar-refractivity contribution < 1.29 is 30.8 Å². The second kappa shape index (κ2) is 7.90. The van der Waals surface area contributed by atoms with Gasteiger partial charge in [-0.1, -0.05) is 23.2 Å². The summed E-state index contributed by atoms with van der Waals surface area (Å²) in [5.41, 5.74) is -1.88. The maximum Gasteiger partial charge on any atom is 0.419 e. The molecule has 2 N–H and O–H groups in total. The zero-order chi connectivity index (χ0) is 22.4. The van der Waals surface area contributed by atoms with Gasteiger partial charge in [0.25, 0.3) is 5.91 Å². The summed E-state index contributed by atoms with van der Waals surface area (Å²) in [6, 6.07) is 3.41. The third-order valence-corrected chi connectivity index (χ3v) is 6.73. The number of carbonyl (C=O) groups excluding carboxylic acids is 1. The van der Waals surface area contributed by atoms with Crippen molar-refractivity contribution in [3.63, 3.8) is 0 Å². The Morgan fingerprint density at radius 2 is 1.77 bits per heavy atom. The van der Waals surface area contributed by atoms with Crippen LogP contribution in [0.2, 0.25) is 10.0 Å². The second-order valence-electron chi connectivity index (χ2n) is 6.76. The number of anilines is 2. The molecule has 5 nitrogen and oxygen atoms in total. The third kappa shape index (κ3) is 4.81. The van der Waals surface area contributed by atoms with Gasteiger partial charge in [0.15, 0.2) is 0 Å². The van der Waals surface area contributed by atoms with E-state index in [0.717, 1.165) is 0 Å². The number of hydrogen-bond donors (Lipinski definition) is 2. The van der Waals surface area contributed by atoms with Crippen LogP contribution in [0.1, 0.15) is 34.3 Å². The number of benzene rings is 2. The minimum Gasteiger partial charge on any atom is -0.320 e. The van der Waals surface area contributed by atoms with Gasteiger partial charge >= 0.3 is 6.18 Å². The van der Waals surface area contributed by atoms with Crippen LogP contribution in [-0.2, 0) is 16.2 Å². The van der Waals surface area contributed by atoms with E-state index < -0.39 is 49.4 Å². The predicted octanol–water partition coefficient (Wildman–Crippen LogP) is 5.62. The molecular formula is C18H14Cl2F4N2O3S. The molecule has 0 bridgehead atoms. The van der Waals surface area contributed by atoms with Crippen LogP contribution in [-0.4, -0.2) is 19.6 Å². The summed E-state index contributed by atoms with van der Waals surface area (Å²) in [5.74, 6) is -2.56. The van der Waals surface area contributed by atoms with Crippen molar-refractivity contribution in [3.8, 4) is 0 Å². The minimum atomic E-state index is -4.96. The number of carbonyl (C=O) groups is 1. The van der Waals surface area contributed by atoms with Gasteiger partial charge in [-0.15, -0.1) is 0 Å². The van der Waals surface area contributed by atoms with Gasteiger partial charge in [-0.25, -0.2) is 12.8 Å². The molecule has 12 heteroatoms. The van der Waals surface area contributed by atoms with E-state index in [4.69, 9.17) is 23.2 Å². The molecule has 0 aromatic heterocycles. The van der Waals surface area contributed by atoms with Gasteiger partial charge in [0, 0.05) is 5.02 Å². The fourth-order valence-corrected chi connectivity index (χ4v) is 4.67. The Kier molecular flexibility index (Phi) is 5.96. The first kappa shape index (κ1) is 22.6. The Morgan fingerprint density at radius 3 is 2.33 bits per heavy atom. The lowest BCUT2D eigenvalue weighted by Gasteiger charge is -2.17. The van der Waals surface area contributed by atoms with E-state index in [-0.39, 0.29) is 16.3 Å². The molecule has 0 atom stereocenters. The van der Waals surface area contributed by atoms with Crippen LogP contribution in [0.15, 0.2) is 24.3 Å². The molecule has 162 valence electrons. The minimum absolute atomic E-state index is 0.0349. The number of aryl methyl sites for hydroxylation is 1. The molecule has 2 aromatic rings. The van der Waals surface area contributed by atoms with Gasteiger partial charge in [-0.05, 0) is 49.6 Å². The molecule has 0 unspecified atom stereocenters. The van der Waals surface area contributed by atoms with E-state index in [0.29, 0.717) is 30.5 Å². The molecule has 0 aliphatic heterocycles. The Labute approximate surface area is 179 Å². The Hall–Kier alpha value is -2.04. The zero-order valence-corrected chi connectivity index (χ0v) is 17.5. The second-order valence-corrected chi connectivity index (χ2v) is 9.56. The predicted molar refractivity (Wildman–Crippen MR) is 106 cm³/mol. The summed E-state index contributed by atoms with van der Waals surface area (Å²) in [7, 11) is -3.73. The molecule has 0 heterocycles. The van der Waals surface area contributed by atoms with E-state index in [2.05, 4.69) is 10.0 Å². The first-order chi connectivity index (χ1) is 13.8. The highest BCUT2D eigenvalue weighted by molar-refractivity contribution is 7.93. The van der Waals surface area contributed by atoms with Crippen molar-refractivity contribution in [2.45, 2.75) is 31.2 Å². The maximum atomic E-state index is 13.9. The van der Waals surface area contributed by atoms with Gasteiger partial charge in [0.2, 0.25) is 10.0 Å². The lowest BCUT2D eigenvalue weighted by molar-refractivity contribution is -0.139. The maximum absolute atomic E-state index is 13.9. The van der Waals surface area contributed by atoms with Crippen molar-refractivity contribution in [3.05, 3.63) is 56.8 Å². The molecule has 1 aliphatic rings. The fraction of sp³-hybridized carbons (Fsp3) is 0.278. The Balaban J connectivity index is 1.97. The van der Waals surface area contributed by atoms with Gasteiger partial charge in [0.1, 0.15) is 5.82 Å². The van der Waals surface area contributed by atoms with Crippen molar-refractivity contribution in [2.75, 3.05) is 10.0 Å². The molecule has 3 rings (SSSR count). The molecule has 0 saturated heterocycles. The molecule has 1 saturated carbocycles. The normalized spacial score (nSPS) is 14.5. The largest absolute Gasteiger partial charge is 0.419 e. The van der Waals surface area contributed by atoms with Crippen LogP contribution < -0.4 is 10.0 Å². The topological polar surface area (TPSA) is 75.3 Å². The first-order valence-corrected chi connectivity index (χ1v) is 10.8. The summed E-state index contributed by atoms with van der Waals surface area (Å²) in [6.45, 7) is 1.53. The number of amides is 1. The van der Waals surface area contributed by atoms with E-state index >= 15 is 0 Å². The first-order valence-electron chi connectivity index (χ1n) is 8.49. The number of halogens is 6. The molecular weight excluding hydrogens is 471 g/mol.